The number of rotatable bonds is 7. The summed E-state index contributed by atoms with van der Waals surface area (Å²) in [7, 11) is 1.66. The van der Waals surface area contributed by atoms with E-state index in [0.29, 0.717) is 13.0 Å². The van der Waals surface area contributed by atoms with Gasteiger partial charge in [0, 0.05) is 13.7 Å². The third-order valence-corrected chi connectivity index (χ3v) is 2.22. The quantitative estimate of drug-likeness (QED) is 0.391. The van der Waals surface area contributed by atoms with Crippen LogP contribution in [0.2, 0.25) is 0 Å². The zero-order chi connectivity index (χ0) is 10.1. The summed E-state index contributed by atoms with van der Waals surface area (Å²) in [5.74, 6) is -0.219. The van der Waals surface area contributed by atoms with Gasteiger partial charge in [-0.15, -0.1) is 0 Å². The molecule has 0 radical (unpaired) electrons. The Morgan fingerprint density at radius 3 is 2.54 bits per heavy atom. The minimum Gasteiger partial charge on any atom is -0.465 e. The van der Waals surface area contributed by atoms with E-state index >= 15 is 0 Å². The summed E-state index contributed by atoms with van der Waals surface area (Å²) in [4.78, 5) is 11.1. The van der Waals surface area contributed by atoms with E-state index < -0.39 is 0 Å². The molecule has 0 aliphatic rings. The molecule has 0 spiro atoms. The Balaban J connectivity index is 3.27. The SMILES string of the molecule is CCC(S)C(=O)OCCCCOC. The predicted molar refractivity (Wildman–Crippen MR) is 55.1 cm³/mol. The number of hydrogen-bond acceptors (Lipinski definition) is 4. The van der Waals surface area contributed by atoms with Crippen molar-refractivity contribution in [1.82, 2.24) is 0 Å². The van der Waals surface area contributed by atoms with Gasteiger partial charge in [0.15, 0.2) is 0 Å². The van der Waals surface area contributed by atoms with Crippen molar-refractivity contribution >= 4 is 18.6 Å². The van der Waals surface area contributed by atoms with Crippen LogP contribution in [0.1, 0.15) is 26.2 Å². The first-order chi connectivity index (χ1) is 6.22. The van der Waals surface area contributed by atoms with Crippen molar-refractivity contribution < 1.29 is 14.3 Å². The fraction of sp³-hybridized carbons (Fsp3) is 0.889. The average Bonchev–Trinajstić information content (AvgIpc) is 2.16. The van der Waals surface area contributed by atoms with Crippen molar-refractivity contribution in [2.24, 2.45) is 0 Å². The van der Waals surface area contributed by atoms with Gasteiger partial charge in [-0.1, -0.05) is 6.92 Å². The zero-order valence-electron chi connectivity index (χ0n) is 8.28. The number of thiol groups is 1. The van der Waals surface area contributed by atoms with Crippen molar-refractivity contribution in [3.63, 3.8) is 0 Å². The van der Waals surface area contributed by atoms with Crippen LogP contribution < -0.4 is 0 Å². The standard InChI is InChI=1S/C9H18O3S/c1-3-8(13)9(10)12-7-5-4-6-11-2/h8,13H,3-7H2,1-2H3. The minimum absolute atomic E-state index is 0.219. The van der Waals surface area contributed by atoms with Crippen LogP contribution in [-0.2, 0) is 14.3 Å². The van der Waals surface area contributed by atoms with Crippen molar-refractivity contribution in [1.29, 1.82) is 0 Å². The highest BCUT2D eigenvalue weighted by molar-refractivity contribution is 7.81. The molecule has 0 heterocycles. The van der Waals surface area contributed by atoms with E-state index in [4.69, 9.17) is 9.47 Å². The first-order valence-electron chi connectivity index (χ1n) is 4.56. The van der Waals surface area contributed by atoms with Crippen molar-refractivity contribution in [2.45, 2.75) is 31.4 Å². The van der Waals surface area contributed by atoms with Crippen LogP contribution in [0.25, 0.3) is 0 Å². The maximum Gasteiger partial charge on any atom is 0.318 e. The Hall–Kier alpha value is -0.220. The molecule has 0 fully saturated rings. The summed E-state index contributed by atoms with van der Waals surface area (Å²) >= 11 is 4.07. The lowest BCUT2D eigenvalue weighted by Gasteiger charge is -2.07. The normalized spacial score (nSPS) is 12.5. The second-order valence-corrected chi connectivity index (χ2v) is 3.41. The number of carbonyl (C=O) groups is 1. The molecule has 4 heteroatoms. The summed E-state index contributed by atoms with van der Waals surface area (Å²) in [6.07, 6.45) is 2.48. The molecule has 0 aromatic carbocycles. The van der Waals surface area contributed by atoms with Crippen LogP contribution in [0.4, 0.5) is 0 Å². The zero-order valence-corrected chi connectivity index (χ0v) is 9.18. The topological polar surface area (TPSA) is 35.5 Å². The summed E-state index contributed by atoms with van der Waals surface area (Å²) < 4.78 is 9.83. The van der Waals surface area contributed by atoms with Gasteiger partial charge >= 0.3 is 5.97 Å². The number of hydrogen-bond donors (Lipinski definition) is 1. The van der Waals surface area contributed by atoms with Crippen LogP contribution in [0.5, 0.6) is 0 Å². The summed E-state index contributed by atoms with van der Waals surface area (Å²) in [5, 5.41) is -0.276. The average molecular weight is 206 g/mol. The van der Waals surface area contributed by atoms with E-state index in [-0.39, 0.29) is 11.2 Å². The summed E-state index contributed by atoms with van der Waals surface area (Å²) in [6, 6.07) is 0. The molecular formula is C9H18O3S. The number of carbonyl (C=O) groups excluding carboxylic acids is 1. The fourth-order valence-corrected chi connectivity index (χ4v) is 0.859. The van der Waals surface area contributed by atoms with Crippen molar-refractivity contribution in [2.75, 3.05) is 20.3 Å². The van der Waals surface area contributed by atoms with Gasteiger partial charge in [-0.05, 0) is 19.3 Å². The van der Waals surface area contributed by atoms with Gasteiger partial charge in [0.1, 0.15) is 0 Å². The molecule has 78 valence electrons. The number of methoxy groups -OCH3 is 1. The van der Waals surface area contributed by atoms with Crippen LogP contribution in [0, 0.1) is 0 Å². The van der Waals surface area contributed by atoms with Gasteiger partial charge in [-0.2, -0.15) is 12.6 Å². The molecule has 13 heavy (non-hydrogen) atoms. The first kappa shape index (κ1) is 12.8. The second-order valence-electron chi connectivity index (χ2n) is 2.79. The Labute approximate surface area is 85.2 Å². The van der Waals surface area contributed by atoms with E-state index in [1.54, 1.807) is 7.11 Å². The Bertz CT molecular complexity index is 139. The van der Waals surface area contributed by atoms with E-state index in [2.05, 4.69) is 12.6 Å². The Morgan fingerprint density at radius 1 is 1.38 bits per heavy atom. The first-order valence-corrected chi connectivity index (χ1v) is 5.07. The highest BCUT2D eigenvalue weighted by atomic mass is 32.1. The van der Waals surface area contributed by atoms with E-state index in [1.807, 2.05) is 6.92 Å². The largest absolute Gasteiger partial charge is 0.465 e. The van der Waals surface area contributed by atoms with Gasteiger partial charge in [-0.3, -0.25) is 4.79 Å². The van der Waals surface area contributed by atoms with Gasteiger partial charge < -0.3 is 9.47 Å². The molecule has 0 aliphatic carbocycles. The monoisotopic (exact) mass is 206 g/mol. The molecule has 0 aliphatic heterocycles. The molecule has 0 rings (SSSR count). The molecule has 0 bridgehead atoms. The van der Waals surface area contributed by atoms with Gasteiger partial charge in [-0.25, -0.2) is 0 Å². The molecule has 0 aromatic rings. The molecule has 0 aromatic heterocycles. The molecule has 0 N–H and O–H groups in total. The lowest BCUT2D eigenvalue weighted by molar-refractivity contribution is -0.143. The van der Waals surface area contributed by atoms with E-state index in [1.165, 1.54) is 0 Å². The third-order valence-electron chi connectivity index (χ3n) is 1.65. The Kier molecular flexibility index (Phi) is 8.24. The Morgan fingerprint density at radius 2 is 2.00 bits per heavy atom. The molecule has 0 saturated heterocycles. The van der Waals surface area contributed by atoms with E-state index in [9.17, 15) is 4.79 Å². The van der Waals surface area contributed by atoms with Crippen LogP contribution in [0.15, 0.2) is 0 Å². The lowest BCUT2D eigenvalue weighted by atomic mass is 10.3. The summed E-state index contributed by atoms with van der Waals surface area (Å²) in [5.41, 5.74) is 0. The van der Waals surface area contributed by atoms with Gasteiger partial charge in [0.2, 0.25) is 0 Å². The molecule has 0 amide bonds. The van der Waals surface area contributed by atoms with Crippen molar-refractivity contribution in [3.05, 3.63) is 0 Å². The second kappa shape index (κ2) is 8.38. The van der Waals surface area contributed by atoms with Gasteiger partial charge in [0.05, 0.1) is 11.9 Å². The minimum atomic E-state index is -0.276. The maximum atomic E-state index is 11.1. The third kappa shape index (κ3) is 6.90. The highest BCUT2D eigenvalue weighted by Gasteiger charge is 2.11. The smallest absolute Gasteiger partial charge is 0.318 e. The number of esters is 1. The van der Waals surface area contributed by atoms with Crippen LogP contribution in [-0.4, -0.2) is 31.5 Å². The molecule has 3 nitrogen and oxygen atoms in total. The molecule has 1 atom stereocenters. The summed E-state index contributed by atoms with van der Waals surface area (Å²) in [6.45, 7) is 3.10. The van der Waals surface area contributed by atoms with Crippen molar-refractivity contribution in [3.8, 4) is 0 Å². The number of ether oxygens (including phenoxy) is 2. The molecule has 0 saturated carbocycles. The van der Waals surface area contributed by atoms with Gasteiger partial charge in [0.25, 0.3) is 0 Å². The number of unbranched alkanes of at least 4 members (excludes halogenated alkanes) is 1. The van der Waals surface area contributed by atoms with Crippen LogP contribution in [0.3, 0.4) is 0 Å². The lowest BCUT2D eigenvalue weighted by Crippen LogP contribution is -2.17. The fourth-order valence-electron chi connectivity index (χ4n) is 0.784. The predicted octanol–water partition coefficient (Wildman–Crippen LogP) is 1.66. The van der Waals surface area contributed by atoms with Crippen LogP contribution >= 0.6 is 12.6 Å². The molecule has 1 unspecified atom stereocenters. The highest BCUT2D eigenvalue weighted by Crippen LogP contribution is 2.03. The van der Waals surface area contributed by atoms with E-state index in [0.717, 1.165) is 19.4 Å². The maximum absolute atomic E-state index is 11.1. The molecular weight excluding hydrogens is 188 g/mol.